The molecule has 21 heavy (non-hydrogen) atoms. The third-order valence-corrected chi connectivity index (χ3v) is 6.20. The molecule has 1 aromatic carbocycles. The summed E-state index contributed by atoms with van der Waals surface area (Å²) < 4.78 is 26.7. The Balaban J connectivity index is 2.22. The molecule has 0 heterocycles. The Morgan fingerprint density at radius 2 is 2.00 bits per heavy atom. The largest absolute Gasteiger partial charge is 0.389 e. The molecular weight excluding hydrogens is 304 g/mol. The summed E-state index contributed by atoms with van der Waals surface area (Å²) in [5.74, 6) is 0.488. The minimum Gasteiger partial charge on any atom is -0.389 e. The van der Waals surface area contributed by atoms with E-state index in [4.69, 9.17) is 18.0 Å². The van der Waals surface area contributed by atoms with Crippen molar-refractivity contribution in [3.05, 3.63) is 29.3 Å². The molecule has 6 heteroatoms. The van der Waals surface area contributed by atoms with Crippen molar-refractivity contribution in [3.63, 3.8) is 0 Å². The Morgan fingerprint density at radius 3 is 2.52 bits per heavy atom. The second-order valence-electron chi connectivity index (χ2n) is 5.78. The standard InChI is InChI=1S/C15H22N2O2S2/c1-11-9-13(7-8-14(11)15(16)20)21(18,19)17(2)10-12-5-3-4-6-12/h7-9,12H,3-6,10H2,1-2H3,(H2,16,20). The van der Waals surface area contributed by atoms with E-state index >= 15 is 0 Å². The number of hydrogen-bond acceptors (Lipinski definition) is 3. The maximum Gasteiger partial charge on any atom is 0.242 e. The van der Waals surface area contributed by atoms with E-state index in [0.717, 1.165) is 24.0 Å². The molecule has 116 valence electrons. The van der Waals surface area contributed by atoms with Gasteiger partial charge in [0, 0.05) is 19.2 Å². The first-order chi connectivity index (χ1) is 9.82. The summed E-state index contributed by atoms with van der Waals surface area (Å²) in [6.45, 7) is 2.42. The van der Waals surface area contributed by atoms with E-state index in [-0.39, 0.29) is 4.99 Å². The van der Waals surface area contributed by atoms with E-state index in [1.807, 2.05) is 6.92 Å². The molecule has 4 nitrogen and oxygen atoms in total. The number of rotatable bonds is 5. The van der Waals surface area contributed by atoms with Gasteiger partial charge < -0.3 is 5.73 Å². The summed E-state index contributed by atoms with van der Waals surface area (Å²) in [6, 6.07) is 4.92. The second-order valence-corrected chi connectivity index (χ2v) is 8.26. The third kappa shape index (κ3) is 3.62. The van der Waals surface area contributed by atoms with Crippen LogP contribution in [0.3, 0.4) is 0 Å². The molecule has 2 rings (SSSR count). The molecule has 0 saturated heterocycles. The number of nitrogens with two attached hydrogens (primary N) is 1. The van der Waals surface area contributed by atoms with Crippen LogP contribution in [0, 0.1) is 12.8 Å². The molecule has 2 N–H and O–H groups in total. The van der Waals surface area contributed by atoms with Crippen molar-refractivity contribution < 1.29 is 8.42 Å². The molecule has 0 amide bonds. The molecule has 0 atom stereocenters. The van der Waals surface area contributed by atoms with Crippen LogP contribution >= 0.6 is 12.2 Å². The molecule has 0 aliphatic heterocycles. The van der Waals surface area contributed by atoms with E-state index in [1.165, 1.54) is 17.1 Å². The topological polar surface area (TPSA) is 63.4 Å². The normalized spacial score (nSPS) is 16.5. The molecule has 0 radical (unpaired) electrons. The van der Waals surface area contributed by atoms with Gasteiger partial charge in [-0.25, -0.2) is 12.7 Å². The maximum absolute atomic E-state index is 12.6. The fourth-order valence-electron chi connectivity index (χ4n) is 2.91. The summed E-state index contributed by atoms with van der Waals surface area (Å²) >= 11 is 4.95. The van der Waals surface area contributed by atoms with Gasteiger partial charge in [0.2, 0.25) is 10.0 Å². The summed E-state index contributed by atoms with van der Waals surface area (Å²) in [5.41, 5.74) is 7.13. The van der Waals surface area contributed by atoms with Crippen molar-refractivity contribution in [1.29, 1.82) is 0 Å². The van der Waals surface area contributed by atoms with Gasteiger partial charge in [0.05, 0.1) is 4.90 Å². The van der Waals surface area contributed by atoms with Crippen LogP contribution in [-0.2, 0) is 10.0 Å². The van der Waals surface area contributed by atoms with E-state index in [1.54, 1.807) is 25.2 Å². The van der Waals surface area contributed by atoms with Crippen LogP contribution in [0.4, 0.5) is 0 Å². The van der Waals surface area contributed by atoms with Crippen molar-refractivity contribution in [1.82, 2.24) is 4.31 Å². The number of sulfonamides is 1. The van der Waals surface area contributed by atoms with Gasteiger partial charge in [-0.2, -0.15) is 0 Å². The zero-order valence-electron chi connectivity index (χ0n) is 12.5. The highest BCUT2D eigenvalue weighted by molar-refractivity contribution is 7.89. The predicted molar refractivity (Wildman–Crippen MR) is 88.8 cm³/mol. The number of thiocarbonyl (C=S) groups is 1. The van der Waals surface area contributed by atoms with E-state index in [9.17, 15) is 8.42 Å². The van der Waals surface area contributed by atoms with Crippen molar-refractivity contribution >= 4 is 27.2 Å². The van der Waals surface area contributed by atoms with Crippen LogP contribution in [0.15, 0.2) is 23.1 Å². The minimum atomic E-state index is -3.44. The Kier molecular flexibility index (Phi) is 5.01. The summed E-state index contributed by atoms with van der Waals surface area (Å²) in [5, 5.41) is 0. The molecule has 0 spiro atoms. The lowest BCUT2D eigenvalue weighted by molar-refractivity contribution is 0.387. The van der Waals surface area contributed by atoms with Gasteiger partial charge in [0.1, 0.15) is 4.99 Å². The van der Waals surface area contributed by atoms with Crippen LogP contribution in [0.25, 0.3) is 0 Å². The fourth-order valence-corrected chi connectivity index (χ4v) is 4.47. The lowest BCUT2D eigenvalue weighted by Gasteiger charge is -2.21. The lowest BCUT2D eigenvalue weighted by Crippen LogP contribution is -2.31. The van der Waals surface area contributed by atoms with Crippen LogP contribution in [0.5, 0.6) is 0 Å². The number of hydrogen-bond donors (Lipinski definition) is 1. The fraction of sp³-hybridized carbons (Fsp3) is 0.533. The van der Waals surface area contributed by atoms with Crippen molar-refractivity contribution in [2.24, 2.45) is 11.7 Å². The lowest BCUT2D eigenvalue weighted by atomic mass is 10.1. The van der Waals surface area contributed by atoms with Gasteiger partial charge in [0.15, 0.2) is 0 Å². The van der Waals surface area contributed by atoms with Crippen molar-refractivity contribution in [2.45, 2.75) is 37.5 Å². The predicted octanol–water partition coefficient (Wildman–Crippen LogP) is 2.44. The van der Waals surface area contributed by atoms with Gasteiger partial charge in [-0.05, 0) is 43.4 Å². The zero-order chi connectivity index (χ0) is 15.6. The molecule has 1 fully saturated rings. The highest BCUT2D eigenvalue weighted by Crippen LogP contribution is 2.27. The van der Waals surface area contributed by atoms with E-state index in [2.05, 4.69) is 0 Å². The molecular formula is C15H22N2O2S2. The number of nitrogens with zero attached hydrogens (tertiary/aromatic N) is 1. The summed E-state index contributed by atoms with van der Waals surface area (Å²) in [7, 11) is -1.78. The molecule has 1 saturated carbocycles. The molecule has 0 unspecified atom stereocenters. The Hall–Kier alpha value is -0.980. The van der Waals surface area contributed by atoms with Gasteiger partial charge in [-0.15, -0.1) is 0 Å². The SMILES string of the molecule is Cc1cc(S(=O)(=O)N(C)CC2CCCC2)ccc1C(N)=S. The van der Waals surface area contributed by atoms with Crippen molar-refractivity contribution in [2.75, 3.05) is 13.6 Å². The summed E-state index contributed by atoms with van der Waals surface area (Å²) in [6.07, 6.45) is 4.67. The Bertz CT molecular complexity index is 635. The zero-order valence-corrected chi connectivity index (χ0v) is 14.1. The molecule has 1 aliphatic rings. The maximum atomic E-state index is 12.6. The average Bonchev–Trinajstić information content (AvgIpc) is 2.90. The molecule has 1 aliphatic carbocycles. The monoisotopic (exact) mass is 326 g/mol. The third-order valence-electron chi connectivity index (χ3n) is 4.16. The van der Waals surface area contributed by atoms with Crippen LogP contribution in [-0.4, -0.2) is 31.3 Å². The highest BCUT2D eigenvalue weighted by atomic mass is 32.2. The molecule has 1 aromatic rings. The number of aryl methyl sites for hydroxylation is 1. The van der Waals surface area contributed by atoms with Gasteiger partial charge in [-0.1, -0.05) is 31.1 Å². The average molecular weight is 326 g/mol. The minimum absolute atomic E-state index is 0.288. The van der Waals surface area contributed by atoms with Gasteiger partial charge in [-0.3, -0.25) is 0 Å². The molecule has 0 aromatic heterocycles. The first-order valence-corrected chi connectivity index (χ1v) is 9.04. The van der Waals surface area contributed by atoms with Crippen LogP contribution in [0.2, 0.25) is 0 Å². The second kappa shape index (κ2) is 6.42. The smallest absolute Gasteiger partial charge is 0.242 e. The first-order valence-electron chi connectivity index (χ1n) is 7.19. The van der Waals surface area contributed by atoms with Crippen LogP contribution < -0.4 is 5.73 Å². The van der Waals surface area contributed by atoms with E-state index in [0.29, 0.717) is 17.4 Å². The van der Waals surface area contributed by atoms with Gasteiger partial charge >= 0.3 is 0 Å². The van der Waals surface area contributed by atoms with Crippen LogP contribution in [0.1, 0.15) is 36.8 Å². The molecule has 0 bridgehead atoms. The van der Waals surface area contributed by atoms with Crippen molar-refractivity contribution in [3.8, 4) is 0 Å². The summed E-state index contributed by atoms with van der Waals surface area (Å²) in [4.78, 5) is 0.594. The van der Waals surface area contributed by atoms with E-state index < -0.39 is 10.0 Å². The van der Waals surface area contributed by atoms with Gasteiger partial charge in [0.25, 0.3) is 0 Å². The highest BCUT2D eigenvalue weighted by Gasteiger charge is 2.25. The first kappa shape index (κ1) is 16.4. The number of benzene rings is 1. The Labute approximate surface area is 132 Å². The quantitative estimate of drug-likeness (QED) is 0.844. The Morgan fingerprint density at radius 1 is 1.38 bits per heavy atom.